The van der Waals surface area contributed by atoms with Crippen LogP contribution in [0.3, 0.4) is 0 Å². The molecule has 11 nitrogen and oxygen atoms in total. The zero-order valence-corrected chi connectivity index (χ0v) is 12.4. The molecule has 23 heavy (non-hydrogen) atoms. The molecule has 1 rings (SSSR count). The molecule has 1 aliphatic heterocycles. The van der Waals surface area contributed by atoms with Crippen LogP contribution in [0.2, 0.25) is 0 Å². The Balaban J connectivity index is 0.000000423. The summed E-state index contributed by atoms with van der Waals surface area (Å²) in [5, 5.41) is 79.8. The molecule has 0 aromatic rings. The van der Waals surface area contributed by atoms with Gasteiger partial charge in [-0.1, -0.05) is 0 Å². The lowest BCUT2D eigenvalue weighted by Crippen LogP contribution is -2.46. The molecule has 1 aliphatic rings. The first-order chi connectivity index (χ1) is 10.5. The highest BCUT2D eigenvalue weighted by Gasteiger charge is 2.52. The molecule has 0 bridgehead atoms. The molecule has 0 aromatic heterocycles. The summed E-state index contributed by atoms with van der Waals surface area (Å²) in [6.07, 6.45) is -9.91. The Bertz CT molecular complexity index is 352. The summed E-state index contributed by atoms with van der Waals surface area (Å²) in [7, 11) is 0. The number of aliphatic hydroxyl groups excluding tert-OH is 8. The highest BCUT2D eigenvalue weighted by Crippen LogP contribution is 2.28. The lowest BCUT2D eigenvalue weighted by atomic mass is 10.1. The first-order valence-corrected chi connectivity index (χ1v) is 6.71. The molecular formula is C12H24O11. The predicted molar refractivity (Wildman–Crippen MR) is 71.8 cm³/mol. The van der Waals surface area contributed by atoms with Crippen molar-refractivity contribution in [1.82, 2.24) is 0 Å². The predicted octanol–water partition coefficient (Wildman–Crippen LogP) is -5.57. The molecule has 0 unspecified atom stereocenters. The van der Waals surface area contributed by atoms with Crippen LogP contribution in [0, 0.1) is 0 Å². The quantitative estimate of drug-likeness (QED) is 0.207. The van der Waals surface area contributed by atoms with Crippen LogP contribution in [-0.2, 0) is 9.53 Å². The molecule has 8 atom stereocenters. The number of ether oxygens (including phenoxy) is 1. The van der Waals surface area contributed by atoms with E-state index in [0.717, 1.165) is 0 Å². The van der Waals surface area contributed by atoms with Crippen molar-refractivity contribution in [3.63, 3.8) is 0 Å². The first kappa shape index (κ1) is 22.3. The molecule has 9 N–H and O–H groups in total. The fourth-order valence-electron chi connectivity index (χ4n) is 1.72. The van der Waals surface area contributed by atoms with Gasteiger partial charge < -0.3 is 55.5 Å². The second-order valence-corrected chi connectivity index (χ2v) is 5.13. The molecule has 0 radical (unpaired) electrons. The summed E-state index contributed by atoms with van der Waals surface area (Å²) in [6, 6.07) is 0. The van der Waals surface area contributed by atoms with E-state index in [-0.39, 0.29) is 6.29 Å². The molecule has 0 aliphatic carbocycles. The minimum Gasteiger partial charge on any atom is -0.394 e. The minimum atomic E-state index is -2.16. The van der Waals surface area contributed by atoms with Crippen molar-refractivity contribution in [3.05, 3.63) is 0 Å². The van der Waals surface area contributed by atoms with Gasteiger partial charge in [0.25, 0.3) is 0 Å². The zero-order chi connectivity index (χ0) is 18.4. The van der Waals surface area contributed by atoms with E-state index in [1.54, 1.807) is 0 Å². The monoisotopic (exact) mass is 344 g/mol. The molecule has 11 heteroatoms. The highest BCUT2D eigenvalue weighted by atomic mass is 16.7. The lowest BCUT2D eigenvalue weighted by Gasteiger charge is -2.22. The van der Waals surface area contributed by atoms with Gasteiger partial charge in [-0.25, -0.2) is 0 Å². The van der Waals surface area contributed by atoms with E-state index in [2.05, 4.69) is 4.74 Å². The van der Waals surface area contributed by atoms with Crippen molar-refractivity contribution in [2.45, 2.75) is 55.4 Å². The number of carbonyl (C=O) groups is 1. The molecular weight excluding hydrogens is 320 g/mol. The smallest absolute Gasteiger partial charge is 0.219 e. The molecule has 1 saturated heterocycles. The minimum absolute atomic E-state index is 0.0935. The fourth-order valence-corrected chi connectivity index (χ4v) is 1.72. The third kappa shape index (κ3) is 5.69. The van der Waals surface area contributed by atoms with Crippen LogP contribution >= 0.6 is 0 Å². The number of hydrogen-bond acceptors (Lipinski definition) is 11. The van der Waals surface area contributed by atoms with Crippen LogP contribution in [0.5, 0.6) is 0 Å². The Morgan fingerprint density at radius 3 is 1.91 bits per heavy atom. The summed E-state index contributed by atoms with van der Waals surface area (Å²) in [4.78, 5) is 9.87. The van der Waals surface area contributed by atoms with Crippen LogP contribution < -0.4 is 0 Å². The van der Waals surface area contributed by atoms with Gasteiger partial charge in [0.15, 0.2) is 6.29 Å². The number of aldehydes is 1. The summed E-state index contributed by atoms with van der Waals surface area (Å²) in [5.41, 5.74) is 0. The van der Waals surface area contributed by atoms with Gasteiger partial charge in [-0.3, -0.25) is 0 Å². The fraction of sp³-hybridized carbons (Fsp3) is 0.917. The largest absolute Gasteiger partial charge is 0.394 e. The van der Waals surface area contributed by atoms with Crippen molar-refractivity contribution >= 4 is 6.29 Å². The third-order valence-corrected chi connectivity index (χ3v) is 3.26. The van der Waals surface area contributed by atoms with E-state index in [0.29, 0.717) is 0 Å². The molecule has 1 fully saturated rings. The van der Waals surface area contributed by atoms with Crippen molar-refractivity contribution in [1.29, 1.82) is 0 Å². The normalized spacial score (nSPS) is 35.7. The maximum Gasteiger partial charge on any atom is 0.219 e. The van der Waals surface area contributed by atoms with Crippen molar-refractivity contribution in [2.24, 2.45) is 0 Å². The van der Waals surface area contributed by atoms with Gasteiger partial charge in [-0.2, -0.15) is 0 Å². The third-order valence-electron chi connectivity index (χ3n) is 3.26. The molecule has 1 heterocycles. The van der Waals surface area contributed by atoms with Crippen LogP contribution in [0.4, 0.5) is 0 Å². The highest BCUT2D eigenvalue weighted by molar-refractivity contribution is 5.56. The average molecular weight is 344 g/mol. The van der Waals surface area contributed by atoms with Gasteiger partial charge in [-0.15, -0.1) is 0 Å². The van der Waals surface area contributed by atoms with Gasteiger partial charge in [0, 0.05) is 0 Å². The van der Waals surface area contributed by atoms with E-state index >= 15 is 0 Å². The van der Waals surface area contributed by atoms with Crippen LogP contribution in [0.25, 0.3) is 0 Å². The van der Waals surface area contributed by atoms with E-state index in [4.69, 9.17) is 40.9 Å². The van der Waals surface area contributed by atoms with Gasteiger partial charge in [-0.05, 0) is 6.92 Å². The average Bonchev–Trinajstić information content (AvgIpc) is 2.77. The molecule has 0 amide bonds. The Morgan fingerprint density at radius 1 is 1.13 bits per heavy atom. The molecule has 0 saturated carbocycles. The van der Waals surface area contributed by atoms with E-state index in [9.17, 15) is 9.90 Å². The van der Waals surface area contributed by atoms with Gasteiger partial charge in [0.1, 0.15) is 36.6 Å². The van der Waals surface area contributed by atoms with Crippen LogP contribution in [0.15, 0.2) is 0 Å². The standard InChI is InChI=1S/C6H12O6.C6H12O5/c7-1-3-4(9)5(10)6(11,2-8)12-3;1-3(8)5(10)6(11)4(9)2-7/h3-5,7-11H,1-2H2;2-6,8-11H,1H3/t3-,4-,5+,6-;3-,4+,5+,6-/m10/s1. The first-order valence-electron chi connectivity index (χ1n) is 6.71. The van der Waals surface area contributed by atoms with E-state index in [1.165, 1.54) is 6.92 Å². The maximum absolute atomic E-state index is 9.87. The summed E-state index contributed by atoms with van der Waals surface area (Å²) < 4.78 is 4.63. The summed E-state index contributed by atoms with van der Waals surface area (Å²) in [6.45, 7) is -0.117. The topological polar surface area (TPSA) is 208 Å². The van der Waals surface area contributed by atoms with Crippen LogP contribution in [0.1, 0.15) is 6.92 Å². The van der Waals surface area contributed by atoms with Crippen molar-refractivity contribution in [2.75, 3.05) is 13.2 Å². The van der Waals surface area contributed by atoms with E-state index in [1.807, 2.05) is 0 Å². The Morgan fingerprint density at radius 2 is 1.65 bits per heavy atom. The zero-order valence-electron chi connectivity index (χ0n) is 12.4. The second-order valence-electron chi connectivity index (χ2n) is 5.13. The number of aliphatic hydroxyl groups is 9. The Hall–Kier alpha value is -0.730. The SMILES string of the molecule is C[C@H](O)[C@@H](O)[C@@H](O)[C@H](O)C=O.OC[C@H]1O[C@](O)(CO)[C@@H](O)[C@@H]1O. The van der Waals surface area contributed by atoms with Crippen molar-refractivity contribution in [3.8, 4) is 0 Å². The van der Waals surface area contributed by atoms with Gasteiger partial charge in [0.05, 0.1) is 19.3 Å². The number of rotatable bonds is 6. The number of hydrogen-bond donors (Lipinski definition) is 9. The summed E-state index contributed by atoms with van der Waals surface area (Å²) >= 11 is 0. The Labute approximate surface area is 131 Å². The van der Waals surface area contributed by atoms with Crippen molar-refractivity contribution < 1.29 is 55.5 Å². The number of carbonyl (C=O) groups excluding carboxylic acids is 1. The van der Waals surface area contributed by atoms with E-state index < -0.39 is 61.7 Å². The second kappa shape index (κ2) is 9.54. The summed E-state index contributed by atoms with van der Waals surface area (Å²) in [5.74, 6) is -2.16. The molecule has 0 aromatic carbocycles. The van der Waals surface area contributed by atoms with Crippen LogP contribution in [-0.4, -0.2) is 114 Å². The molecule has 0 spiro atoms. The van der Waals surface area contributed by atoms with Gasteiger partial charge in [0.2, 0.25) is 5.79 Å². The lowest BCUT2D eigenvalue weighted by molar-refractivity contribution is -0.248. The Kier molecular flexibility index (Phi) is 9.24. The maximum atomic E-state index is 9.87. The molecule has 138 valence electrons. The van der Waals surface area contributed by atoms with Gasteiger partial charge >= 0.3 is 0 Å².